The lowest BCUT2D eigenvalue weighted by Gasteiger charge is -2.07. The molecular formula is C14H21NO3S. The minimum absolute atomic E-state index is 0.308. The van der Waals surface area contributed by atoms with Crippen molar-refractivity contribution in [2.45, 2.75) is 31.6 Å². The molecule has 106 valence electrons. The summed E-state index contributed by atoms with van der Waals surface area (Å²) in [5.74, 6) is 0. The lowest BCUT2D eigenvalue weighted by molar-refractivity contribution is 0.332. The van der Waals surface area contributed by atoms with Crippen molar-refractivity contribution in [3.63, 3.8) is 0 Å². The number of ether oxygens (including phenoxy) is 1. The van der Waals surface area contributed by atoms with E-state index in [9.17, 15) is 8.42 Å². The zero-order chi connectivity index (χ0) is 14.3. The van der Waals surface area contributed by atoms with Gasteiger partial charge < -0.3 is 4.74 Å². The summed E-state index contributed by atoms with van der Waals surface area (Å²) in [6.45, 7) is 4.30. The molecule has 0 unspecified atom stereocenters. The van der Waals surface area contributed by atoms with Gasteiger partial charge in [0.15, 0.2) is 0 Å². The fraction of sp³-hybridized carbons (Fsp3) is 0.429. The van der Waals surface area contributed by atoms with Crippen LogP contribution in [0.4, 0.5) is 0 Å². The Balaban J connectivity index is 2.48. The van der Waals surface area contributed by atoms with Crippen molar-refractivity contribution in [3.8, 4) is 0 Å². The maximum Gasteiger partial charge on any atom is 0.240 e. The molecule has 0 spiro atoms. The van der Waals surface area contributed by atoms with Gasteiger partial charge in [-0.15, -0.1) is 0 Å². The fourth-order valence-corrected chi connectivity index (χ4v) is 2.71. The van der Waals surface area contributed by atoms with Crippen molar-refractivity contribution < 1.29 is 13.2 Å². The summed E-state index contributed by atoms with van der Waals surface area (Å²) < 4.78 is 31.4. The van der Waals surface area contributed by atoms with E-state index in [0.717, 1.165) is 24.0 Å². The maximum atomic E-state index is 12.0. The van der Waals surface area contributed by atoms with Gasteiger partial charge in [-0.05, 0) is 44.4 Å². The molecule has 5 heteroatoms. The lowest BCUT2D eigenvalue weighted by Crippen LogP contribution is -2.24. The molecule has 4 nitrogen and oxygen atoms in total. The van der Waals surface area contributed by atoms with E-state index >= 15 is 0 Å². The second-order valence-electron chi connectivity index (χ2n) is 4.51. The smallest absolute Gasteiger partial charge is 0.240 e. The minimum Gasteiger partial charge on any atom is -0.504 e. The van der Waals surface area contributed by atoms with Crippen LogP contribution in [0.5, 0.6) is 0 Å². The molecule has 0 bridgehead atoms. The first-order valence-electron chi connectivity index (χ1n) is 6.20. The van der Waals surface area contributed by atoms with E-state index in [2.05, 4.69) is 4.72 Å². The van der Waals surface area contributed by atoms with Crippen LogP contribution in [0.3, 0.4) is 0 Å². The van der Waals surface area contributed by atoms with Crippen molar-refractivity contribution in [1.29, 1.82) is 0 Å². The van der Waals surface area contributed by atoms with Gasteiger partial charge in [0.25, 0.3) is 0 Å². The Hall–Kier alpha value is -1.33. The second-order valence-corrected chi connectivity index (χ2v) is 6.28. The van der Waals surface area contributed by atoms with E-state index in [1.165, 1.54) is 0 Å². The van der Waals surface area contributed by atoms with Crippen LogP contribution in [0.2, 0.25) is 0 Å². The zero-order valence-electron chi connectivity index (χ0n) is 11.6. The fourth-order valence-electron chi connectivity index (χ4n) is 1.63. The average Bonchev–Trinajstić information content (AvgIpc) is 2.36. The molecule has 1 rings (SSSR count). The number of rotatable bonds is 7. The SMILES string of the molecule is CO/C=C(\C)CCCNS(=O)(=O)c1ccc(C)cc1. The van der Waals surface area contributed by atoms with Gasteiger partial charge in [0.05, 0.1) is 18.3 Å². The molecule has 1 aromatic carbocycles. The molecule has 0 saturated carbocycles. The summed E-state index contributed by atoms with van der Waals surface area (Å²) in [5.41, 5.74) is 2.14. The highest BCUT2D eigenvalue weighted by Crippen LogP contribution is 2.10. The van der Waals surface area contributed by atoms with Gasteiger partial charge >= 0.3 is 0 Å². The van der Waals surface area contributed by atoms with Crippen molar-refractivity contribution in [3.05, 3.63) is 41.7 Å². The molecule has 19 heavy (non-hydrogen) atoms. The number of hydrogen-bond donors (Lipinski definition) is 1. The maximum absolute atomic E-state index is 12.0. The quantitative estimate of drug-likeness (QED) is 0.618. The Morgan fingerprint density at radius 2 is 1.95 bits per heavy atom. The lowest BCUT2D eigenvalue weighted by atomic mass is 10.2. The number of sulfonamides is 1. The normalized spacial score (nSPS) is 12.5. The molecule has 0 aliphatic carbocycles. The Bertz CT molecular complexity index is 518. The molecular weight excluding hydrogens is 262 g/mol. The van der Waals surface area contributed by atoms with Gasteiger partial charge in [0.2, 0.25) is 10.0 Å². The summed E-state index contributed by atoms with van der Waals surface area (Å²) in [6.07, 6.45) is 3.23. The standard InChI is InChI=1S/C14H21NO3S/c1-12-6-8-14(9-7-12)19(16,17)15-10-4-5-13(2)11-18-3/h6-9,11,15H,4-5,10H2,1-3H3/b13-11+. The topological polar surface area (TPSA) is 55.4 Å². The summed E-state index contributed by atoms with van der Waals surface area (Å²) in [7, 11) is -1.79. The Morgan fingerprint density at radius 1 is 1.32 bits per heavy atom. The molecule has 0 aliphatic rings. The second kappa shape index (κ2) is 7.31. The van der Waals surface area contributed by atoms with Gasteiger partial charge in [-0.3, -0.25) is 0 Å². The van der Waals surface area contributed by atoms with Crippen LogP contribution in [0.1, 0.15) is 25.3 Å². The monoisotopic (exact) mass is 283 g/mol. The molecule has 0 aliphatic heterocycles. The van der Waals surface area contributed by atoms with E-state index in [4.69, 9.17) is 4.74 Å². The van der Waals surface area contributed by atoms with Gasteiger partial charge in [-0.25, -0.2) is 13.1 Å². The Labute approximate surface area is 115 Å². The van der Waals surface area contributed by atoms with Crippen molar-refractivity contribution >= 4 is 10.0 Å². The van der Waals surface area contributed by atoms with Crippen LogP contribution in [0, 0.1) is 6.92 Å². The third-order valence-corrected chi connectivity index (χ3v) is 4.17. The van der Waals surface area contributed by atoms with Gasteiger partial charge in [-0.2, -0.15) is 0 Å². The first-order valence-corrected chi connectivity index (χ1v) is 7.69. The van der Waals surface area contributed by atoms with Crippen molar-refractivity contribution in [2.24, 2.45) is 0 Å². The minimum atomic E-state index is -3.39. The highest BCUT2D eigenvalue weighted by atomic mass is 32.2. The van der Waals surface area contributed by atoms with E-state index in [1.54, 1.807) is 37.6 Å². The molecule has 0 fully saturated rings. The predicted molar refractivity (Wildman–Crippen MR) is 76.4 cm³/mol. The van der Waals surface area contributed by atoms with E-state index in [0.29, 0.717) is 11.4 Å². The van der Waals surface area contributed by atoms with Gasteiger partial charge in [0, 0.05) is 6.54 Å². The van der Waals surface area contributed by atoms with Crippen LogP contribution in [0.25, 0.3) is 0 Å². The third-order valence-electron chi connectivity index (χ3n) is 2.69. The summed E-state index contributed by atoms with van der Waals surface area (Å²) in [6, 6.07) is 6.82. The van der Waals surface area contributed by atoms with Crippen LogP contribution in [-0.2, 0) is 14.8 Å². The summed E-state index contributed by atoms with van der Waals surface area (Å²) in [5, 5.41) is 0. The van der Waals surface area contributed by atoms with Crippen molar-refractivity contribution in [2.75, 3.05) is 13.7 Å². The van der Waals surface area contributed by atoms with Crippen molar-refractivity contribution in [1.82, 2.24) is 4.72 Å². The number of methoxy groups -OCH3 is 1. The first kappa shape index (κ1) is 15.7. The van der Waals surface area contributed by atoms with E-state index in [1.807, 2.05) is 13.8 Å². The highest BCUT2D eigenvalue weighted by molar-refractivity contribution is 7.89. The largest absolute Gasteiger partial charge is 0.504 e. The first-order chi connectivity index (χ1) is 8.95. The number of aryl methyl sites for hydroxylation is 1. The Morgan fingerprint density at radius 3 is 2.53 bits per heavy atom. The Kier molecular flexibility index (Phi) is 6.05. The number of nitrogens with one attached hydrogen (secondary N) is 1. The summed E-state index contributed by atoms with van der Waals surface area (Å²) in [4.78, 5) is 0.308. The highest BCUT2D eigenvalue weighted by Gasteiger charge is 2.12. The third kappa shape index (κ3) is 5.44. The van der Waals surface area contributed by atoms with E-state index < -0.39 is 10.0 Å². The number of allylic oxidation sites excluding steroid dienone is 1. The molecule has 0 atom stereocenters. The molecule has 0 radical (unpaired) electrons. The van der Waals surface area contributed by atoms with Crippen LogP contribution in [-0.4, -0.2) is 22.1 Å². The molecule has 0 amide bonds. The summed E-state index contributed by atoms with van der Waals surface area (Å²) >= 11 is 0. The van der Waals surface area contributed by atoms with Crippen LogP contribution in [0.15, 0.2) is 41.0 Å². The molecule has 1 aromatic rings. The van der Waals surface area contributed by atoms with Gasteiger partial charge in [0.1, 0.15) is 0 Å². The molecule has 1 N–H and O–H groups in total. The zero-order valence-corrected chi connectivity index (χ0v) is 12.5. The van der Waals surface area contributed by atoms with Crippen LogP contribution < -0.4 is 4.72 Å². The molecule has 0 saturated heterocycles. The molecule has 0 aromatic heterocycles. The number of hydrogen-bond acceptors (Lipinski definition) is 3. The average molecular weight is 283 g/mol. The number of benzene rings is 1. The van der Waals surface area contributed by atoms with Crippen LogP contribution >= 0.6 is 0 Å². The van der Waals surface area contributed by atoms with E-state index in [-0.39, 0.29) is 0 Å². The predicted octanol–water partition coefficient (Wildman–Crippen LogP) is 2.60. The molecule has 0 heterocycles. The van der Waals surface area contributed by atoms with Gasteiger partial charge in [-0.1, -0.05) is 17.7 Å².